The Bertz CT molecular complexity index is 572. The van der Waals surface area contributed by atoms with Crippen LogP contribution in [0.15, 0.2) is 23.1 Å². The van der Waals surface area contributed by atoms with Gasteiger partial charge < -0.3 is 5.32 Å². The van der Waals surface area contributed by atoms with E-state index in [2.05, 4.69) is 5.32 Å². The van der Waals surface area contributed by atoms with Crippen LogP contribution in [0.4, 0.5) is 0 Å². The zero-order chi connectivity index (χ0) is 14.8. The molecule has 20 heavy (non-hydrogen) atoms. The average molecular weight is 337 g/mol. The van der Waals surface area contributed by atoms with Crippen molar-refractivity contribution in [3.8, 4) is 0 Å². The van der Waals surface area contributed by atoms with Crippen LogP contribution in [0.25, 0.3) is 0 Å². The molecule has 0 aliphatic carbocycles. The van der Waals surface area contributed by atoms with E-state index in [9.17, 15) is 8.42 Å². The fourth-order valence-electron chi connectivity index (χ4n) is 2.37. The van der Waals surface area contributed by atoms with Gasteiger partial charge in [0.15, 0.2) is 0 Å². The lowest BCUT2D eigenvalue weighted by Gasteiger charge is -2.27. The second kappa shape index (κ2) is 6.62. The van der Waals surface area contributed by atoms with E-state index >= 15 is 0 Å². The highest BCUT2D eigenvalue weighted by Gasteiger charge is 2.26. The minimum absolute atomic E-state index is 0.0723. The Labute approximate surface area is 130 Å². The first-order chi connectivity index (χ1) is 9.41. The van der Waals surface area contributed by atoms with Crippen LogP contribution in [0.5, 0.6) is 0 Å². The van der Waals surface area contributed by atoms with Gasteiger partial charge in [-0.05, 0) is 50.0 Å². The maximum atomic E-state index is 12.5. The van der Waals surface area contributed by atoms with Crippen LogP contribution in [-0.4, -0.2) is 39.4 Å². The van der Waals surface area contributed by atoms with Crippen LogP contribution < -0.4 is 5.32 Å². The van der Waals surface area contributed by atoms with Crippen molar-refractivity contribution in [1.29, 1.82) is 0 Å². The zero-order valence-electron chi connectivity index (χ0n) is 11.3. The molecule has 0 radical (unpaired) electrons. The Morgan fingerprint density at radius 1 is 1.30 bits per heavy atom. The Balaban J connectivity index is 2.18. The van der Waals surface area contributed by atoms with Crippen molar-refractivity contribution in [1.82, 2.24) is 9.62 Å². The van der Waals surface area contributed by atoms with Gasteiger partial charge in [0.2, 0.25) is 10.0 Å². The highest BCUT2D eigenvalue weighted by atomic mass is 35.5. The van der Waals surface area contributed by atoms with Crippen LogP contribution in [-0.2, 0) is 10.0 Å². The predicted molar refractivity (Wildman–Crippen MR) is 81.9 cm³/mol. The SMILES string of the molecule is CN(CC1CCNCC1)S(=O)(=O)c1cc(Cl)ccc1Cl. The highest BCUT2D eigenvalue weighted by molar-refractivity contribution is 7.89. The molecule has 1 aliphatic rings. The third kappa shape index (κ3) is 3.65. The third-order valence-corrected chi connectivity index (χ3v) is 6.10. The number of rotatable bonds is 4. The molecule has 7 heteroatoms. The molecule has 1 aromatic carbocycles. The summed E-state index contributed by atoms with van der Waals surface area (Å²) in [6, 6.07) is 4.49. The van der Waals surface area contributed by atoms with Gasteiger partial charge >= 0.3 is 0 Å². The van der Waals surface area contributed by atoms with Crippen molar-refractivity contribution in [2.24, 2.45) is 5.92 Å². The molecule has 0 bridgehead atoms. The molecule has 2 rings (SSSR count). The Kier molecular flexibility index (Phi) is 5.31. The molecule has 0 unspecified atom stereocenters. The number of benzene rings is 1. The van der Waals surface area contributed by atoms with Crippen molar-refractivity contribution >= 4 is 33.2 Å². The zero-order valence-corrected chi connectivity index (χ0v) is 13.6. The molecular weight excluding hydrogens is 319 g/mol. The number of sulfonamides is 1. The lowest BCUT2D eigenvalue weighted by molar-refractivity contribution is 0.311. The molecule has 4 nitrogen and oxygen atoms in total. The summed E-state index contributed by atoms with van der Waals surface area (Å²) >= 11 is 11.9. The van der Waals surface area contributed by atoms with Gasteiger partial charge in [0.05, 0.1) is 5.02 Å². The lowest BCUT2D eigenvalue weighted by atomic mass is 9.98. The summed E-state index contributed by atoms with van der Waals surface area (Å²) in [4.78, 5) is 0.0723. The molecule has 1 N–H and O–H groups in total. The van der Waals surface area contributed by atoms with Gasteiger partial charge in [-0.2, -0.15) is 0 Å². The van der Waals surface area contributed by atoms with E-state index in [0.29, 0.717) is 17.5 Å². The van der Waals surface area contributed by atoms with Crippen molar-refractivity contribution in [3.63, 3.8) is 0 Å². The first-order valence-electron chi connectivity index (χ1n) is 6.53. The number of hydrogen-bond acceptors (Lipinski definition) is 3. The van der Waals surface area contributed by atoms with Crippen LogP contribution >= 0.6 is 23.2 Å². The molecule has 0 saturated carbocycles. The number of nitrogens with one attached hydrogen (secondary N) is 1. The number of hydrogen-bond donors (Lipinski definition) is 1. The van der Waals surface area contributed by atoms with E-state index in [1.807, 2.05) is 0 Å². The van der Waals surface area contributed by atoms with E-state index in [0.717, 1.165) is 25.9 Å². The molecule has 0 aromatic heterocycles. The van der Waals surface area contributed by atoms with Gasteiger partial charge in [0, 0.05) is 18.6 Å². The van der Waals surface area contributed by atoms with Gasteiger partial charge in [-0.15, -0.1) is 0 Å². The number of piperidine rings is 1. The molecule has 0 atom stereocenters. The molecule has 1 aliphatic heterocycles. The summed E-state index contributed by atoms with van der Waals surface area (Å²) in [5.41, 5.74) is 0. The maximum Gasteiger partial charge on any atom is 0.244 e. The topological polar surface area (TPSA) is 49.4 Å². The highest BCUT2D eigenvalue weighted by Crippen LogP contribution is 2.28. The van der Waals surface area contributed by atoms with Crippen molar-refractivity contribution < 1.29 is 8.42 Å². The molecule has 0 amide bonds. The first kappa shape index (κ1) is 16.0. The van der Waals surface area contributed by atoms with Crippen LogP contribution in [0.3, 0.4) is 0 Å². The summed E-state index contributed by atoms with van der Waals surface area (Å²) in [5.74, 6) is 0.383. The quantitative estimate of drug-likeness (QED) is 0.919. The Morgan fingerprint density at radius 2 is 1.95 bits per heavy atom. The third-order valence-electron chi connectivity index (χ3n) is 3.56. The van der Waals surface area contributed by atoms with Crippen LogP contribution in [0.1, 0.15) is 12.8 Å². The fourth-order valence-corrected chi connectivity index (χ4v) is 4.35. The van der Waals surface area contributed by atoms with Gasteiger partial charge in [0.1, 0.15) is 4.90 Å². The van der Waals surface area contributed by atoms with E-state index < -0.39 is 10.0 Å². The summed E-state index contributed by atoms with van der Waals surface area (Å²) in [7, 11) is -2.00. The van der Waals surface area contributed by atoms with E-state index in [1.165, 1.54) is 16.4 Å². The molecular formula is C13H18Cl2N2O2S. The monoisotopic (exact) mass is 336 g/mol. The molecule has 1 saturated heterocycles. The number of halogens is 2. The summed E-state index contributed by atoms with van der Waals surface area (Å²) in [5, 5.41) is 3.83. The summed E-state index contributed by atoms with van der Waals surface area (Å²) in [6.45, 7) is 2.39. The van der Waals surface area contributed by atoms with E-state index in [1.54, 1.807) is 13.1 Å². The normalized spacial score (nSPS) is 17.6. The molecule has 1 fully saturated rings. The second-order valence-electron chi connectivity index (χ2n) is 5.05. The van der Waals surface area contributed by atoms with Gasteiger partial charge in [-0.3, -0.25) is 0 Å². The number of nitrogens with zero attached hydrogens (tertiary/aromatic N) is 1. The summed E-state index contributed by atoms with van der Waals surface area (Å²) < 4.78 is 26.5. The second-order valence-corrected chi connectivity index (χ2v) is 7.91. The molecule has 0 spiro atoms. The molecule has 112 valence electrons. The standard InChI is InChI=1S/C13H18Cl2N2O2S/c1-17(9-10-4-6-16-7-5-10)20(18,19)13-8-11(14)2-3-12(13)15/h2-3,8,10,16H,4-7,9H2,1H3. The first-order valence-corrected chi connectivity index (χ1v) is 8.73. The lowest BCUT2D eigenvalue weighted by Crippen LogP contribution is -2.37. The molecule has 1 aromatic rings. The smallest absolute Gasteiger partial charge is 0.244 e. The van der Waals surface area contributed by atoms with Crippen molar-refractivity contribution in [2.75, 3.05) is 26.7 Å². The van der Waals surface area contributed by atoms with Crippen LogP contribution in [0.2, 0.25) is 10.0 Å². The van der Waals surface area contributed by atoms with Gasteiger partial charge in [0.25, 0.3) is 0 Å². The van der Waals surface area contributed by atoms with Crippen molar-refractivity contribution in [2.45, 2.75) is 17.7 Å². The fraction of sp³-hybridized carbons (Fsp3) is 0.538. The van der Waals surface area contributed by atoms with Gasteiger partial charge in [-0.1, -0.05) is 23.2 Å². The Hall–Kier alpha value is -0.330. The average Bonchev–Trinajstić information content (AvgIpc) is 2.42. The summed E-state index contributed by atoms with van der Waals surface area (Å²) in [6.07, 6.45) is 1.98. The minimum Gasteiger partial charge on any atom is -0.317 e. The Morgan fingerprint density at radius 3 is 2.60 bits per heavy atom. The predicted octanol–water partition coefficient (Wildman–Crippen LogP) is 2.61. The van der Waals surface area contributed by atoms with Gasteiger partial charge in [-0.25, -0.2) is 12.7 Å². The van der Waals surface area contributed by atoms with E-state index in [-0.39, 0.29) is 9.92 Å². The molecule has 1 heterocycles. The minimum atomic E-state index is -3.59. The van der Waals surface area contributed by atoms with Crippen molar-refractivity contribution in [3.05, 3.63) is 28.2 Å². The van der Waals surface area contributed by atoms with E-state index in [4.69, 9.17) is 23.2 Å². The van der Waals surface area contributed by atoms with Crippen LogP contribution in [0, 0.1) is 5.92 Å². The largest absolute Gasteiger partial charge is 0.317 e. The maximum absolute atomic E-state index is 12.5.